The van der Waals surface area contributed by atoms with Gasteiger partial charge in [0.2, 0.25) is 0 Å². The monoisotopic (exact) mass is 281 g/mol. The van der Waals surface area contributed by atoms with E-state index < -0.39 is 6.10 Å². The molecule has 0 heterocycles. The molecule has 0 saturated heterocycles. The number of carbonyl (C=O) groups excluding carboxylic acids is 1. The van der Waals surface area contributed by atoms with E-state index in [0.29, 0.717) is 17.3 Å². The lowest BCUT2D eigenvalue weighted by atomic mass is 10.2. The third kappa shape index (κ3) is 5.35. The molecule has 0 aliphatic carbocycles. The van der Waals surface area contributed by atoms with Crippen molar-refractivity contribution < 1.29 is 9.53 Å². The Bertz CT molecular complexity index is 457. The zero-order chi connectivity index (χ0) is 14.3. The summed E-state index contributed by atoms with van der Waals surface area (Å²) in [6.07, 6.45) is 4.28. The molecule has 1 aromatic carbocycles. The maximum absolute atomic E-state index is 11.8. The van der Waals surface area contributed by atoms with Crippen LogP contribution in [-0.2, 0) is 4.79 Å². The predicted octanol–water partition coefficient (Wildman–Crippen LogP) is 3.50. The summed E-state index contributed by atoms with van der Waals surface area (Å²) in [6, 6.07) is 5.34. The largest absolute Gasteiger partial charge is 0.481 e. The fourth-order valence-electron chi connectivity index (χ4n) is 1.58. The first-order valence-electron chi connectivity index (χ1n) is 6.36. The molecule has 1 N–H and O–H groups in total. The fourth-order valence-corrected chi connectivity index (χ4v) is 1.80. The minimum atomic E-state index is -0.523. The molecule has 0 bridgehead atoms. The number of ether oxygens (including phenoxy) is 1. The van der Waals surface area contributed by atoms with Crippen LogP contribution < -0.4 is 10.1 Å². The van der Waals surface area contributed by atoms with Gasteiger partial charge in [0, 0.05) is 11.6 Å². The fraction of sp³-hybridized carbons (Fsp3) is 0.400. The molecule has 3 nitrogen and oxygen atoms in total. The van der Waals surface area contributed by atoms with Crippen molar-refractivity contribution in [1.82, 2.24) is 5.32 Å². The molecule has 1 atom stereocenters. The number of allylic oxidation sites excluding steroid dienone is 1. The van der Waals surface area contributed by atoms with Crippen molar-refractivity contribution in [3.8, 4) is 5.75 Å². The molecule has 0 fully saturated rings. The molecule has 19 heavy (non-hydrogen) atoms. The Morgan fingerprint density at radius 2 is 2.26 bits per heavy atom. The van der Waals surface area contributed by atoms with Gasteiger partial charge in [0.15, 0.2) is 6.10 Å². The molecular formula is C15H20ClNO2. The van der Waals surface area contributed by atoms with Crippen molar-refractivity contribution in [3.05, 3.63) is 40.9 Å². The van der Waals surface area contributed by atoms with E-state index in [1.807, 2.05) is 32.1 Å². The van der Waals surface area contributed by atoms with Crippen molar-refractivity contribution >= 4 is 17.5 Å². The van der Waals surface area contributed by atoms with Crippen molar-refractivity contribution in [2.24, 2.45) is 0 Å². The number of aryl methyl sites for hydroxylation is 1. The van der Waals surface area contributed by atoms with Crippen LogP contribution in [0.1, 0.15) is 25.8 Å². The lowest BCUT2D eigenvalue weighted by Gasteiger charge is -2.16. The highest BCUT2D eigenvalue weighted by molar-refractivity contribution is 6.30. The summed E-state index contributed by atoms with van der Waals surface area (Å²) >= 11 is 5.87. The Balaban J connectivity index is 2.49. The van der Waals surface area contributed by atoms with Gasteiger partial charge >= 0.3 is 0 Å². The molecule has 0 aromatic heterocycles. The third-order valence-corrected chi connectivity index (χ3v) is 2.89. The van der Waals surface area contributed by atoms with E-state index in [4.69, 9.17) is 16.3 Å². The van der Waals surface area contributed by atoms with E-state index in [-0.39, 0.29) is 5.91 Å². The lowest BCUT2D eigenvalue weighted by Crippen LogP contribution is -2.36. The average molecular weight is 282 g/mol. The van der Waals surface area contributed by atoms with Gasteiger partial charge in [0.05, 0.1) is 0 Å². The van der Waals surface area contributed by atoms with Crippen LogP contribution in [-0.4, -0.2) is 18.6 Å². The van der Waals surface area contributed by atoms with Crippen molar-refractivity contribution in [3.63, 3.8) is 0 Å². The zero-order valence-electron chi connectivity index (χ0n) is 11.6. The second kappa shape index (κ2) is 7.85. The molecule has 1 rings (SSSR count). The molecule has 4 heteroatoms. The van der Waals surface area contributed by atoms with Crippen molar-refractivity contribution in [2.45, 2.75) is 33.3 Å². The molecule has 1 amide bonds. The minimum Gasteiger partial charge on any atom is -0.481 e. The molecule has 0 aliphatic rings. The SMILES string of the molecule is C/C=C/CCNC(=O)C(C)Oc1ccc(Cl)cc1C. The number of benzene rings is 1. The summed E-state index contributed by atoms with van der Waals surface area (Å²) in [5.41, 5.74) is 0.918. The van der Waals surface area contributed by atoms with E-state index in [1.165, 1.54) is 0 Å². The Hall–Kier alpha value is -1.48. The summed E-state index contributed by atoms with van der Waals surface area (Å²) in [5.74, 6) is 0.569. The predicted molar refractivity (Wildman–Crippen MR) is 78.7 cm³/mol. The zero-order valence-corrected chi connectivity index (χ0v) is 12.3. The topological polar surface area (TPSA) is 38.3 Å². The Kier molecular flexibility index (Phi) is 6.43. The smallest absolute Gasteiger partial charge is 0.260 e. The van der Waals surface area contributed by atoms with Crippen LogP contribution in [0.3, 0.4) is 0 Å². The number of rotatable bonds is 6. The van der Waals surface area contributed by atoms with Gasteiger partial charge in [0.1, 0.15) is 5.75 Å². The van der Waals surface area contributed by atoms with Gasteiger partial charge in [-0.15, -0.1) is 0 Å². The number of amides is 1. The number of nitrogens with one attached hydrogen (secondary N) is 1. The quantitative estimate of drug-likeness (QED) is 0.640. The highest BCUT2D eigenvalue weighted by Gasteiger charge is 2.14. The maximum Gasteiger partial charge on any atom is 0.260 e. The van der Waals surface area contributed by atoms with Gasteiger partial charge in [0.25, 0.3) is 5.91 Å². The molecule has 0 aliphatic heterocycles. The summed E-state index contributed by atoms with van der Waals surface area (Å²) < 4.78 is 5.63. The number of carbonyl (C=O) groups is 1. The first-order chi connectivity index (χ1) is 9.04. The third-order valence-electron chi connectivity index (χ3n) is 2.66. The van der Waals surface area contributed by atoms with E-state index in [1.54, 1.807) is 19.1 Å². The Morgan fingerprint density at radius 1 is 1.53 bits per heavy atom. The van der Waals surface area contributed by atoms with Gasteiger partial charge in [-0.2, -0.15) is 0 Å². The molecule has 104 valence electrons. The van der Waals surface area contributed by atoms with Crippen LogP contribution in [0.25, 0.3) is 0 Å². The van der Waals surface area contributed by atoms with Crippen molar-refractivity contribution in [1.29, 1.82) is 0 Å². The van der Waals surface area contributed by atoms with E-state index in [9.17, 15) is 4.79 Å². The standard InChI is InChI=1S/C15H20ClNO2/c1-4-5-6-9-17-15(18)12(3)19-14-8-7-13(16)10-11(14)2/h4-5,7-8,10,12H,6,9H2,1-3H3,(H,17,18)/b5-4+. The Morgan fingerprint density at radius 3 is 2.89 bits per heavy atom. The second-order valence-electron chi connectivity index (χ2n) is 4.32. The van der Waals surface area contributed by atoms with Gasteiger partial charge in [-0.25, -0.2) is 0 Å². The van der Waals surface area contributed by atoms with E-state index >= 15 is 0 Å². The maximum atomic E-state index is 11.8. The van der Waals surface area contributed by atoms with Crippen LogP contribution in [0.2, 0.25) is 5.02 Å². The molecule has 0 radical (unpaired) electrons. The summed E-state index contributed by atoms with van der Waals surface area (Å²) in [7, 11) is 0. The molecule has 0 spiro atoms. The summed E-state index contributed by atoms with van der Waals surface area (Å²) in [5, 5.41) is 3.49. The second-order valence-corrected chi connectivity index (χ2v) is 4.76. The van der Waals surface area contributed by atoms with Crippen LogP contribution in [0.5, 0.6) is 5.75 Å². The highest BCUT2D eigenvalue weighted by atomic mass is 35.5. The highest BCUT2D eigenvalue weighted by Crippen LogP contribution is 2.22. The number of hydrogen-bond acceptors (Lipinski definition) is 2. The van der Waals surface area contributed by atoms with E-state index in [2.05, 4.69) is 5.32 Å². The van der Waals surface area contributed by atoms with E-state index in [0.717, 1.165) is 12.0 Å². The number of hydrogen-bond donors (Lipinski definition) is 1. The van der Waals surface area contributed by atoms with Crippen LogP contribution in [0.4, 0.5) is 0 Å². The first kappa shape index (κ1) is 15.6. The average Bonchev–Trinajstić information content (AvgIpc) is 2.37. The van der Waals surface area contributed by atoms with Crippen LogP contribution >= 0.6 is 11.6 Å². The van der Waals surface area contributed by atoms with Crippen LogP contribution in [0, 0.1) is 6.92 Å². The molecule has 1 unspecified atom stereocenters. The number of halogens is 1. The molecule has 1 aromatic rings. The Labute approximate surface area is 119 Å². The van der Waals surface area contributed by atoms with Crippen LogP contribution in [0.15, 0.2) is 30.4 Å². The molecular weight excluding hydrogens is 262 g/mol. The van der Waals surface area contributed by atoms with Gasteiger partial charge in [-0.05, 0) is 51.0 Å². The van der Waals surface area contributed by atoms with Gasteiger partial charge in [-0.1, -0.05) is 23.8 Å². The normalized spacial score (nSPS) is 12.4. The summed E-state index contributed by atoms with van der Waals surface area (Å²) in [4.78, 5) is 11.8. The molecule has 0 saturated carbocycles. The minimum absolute atomic E-state index is 0.112. The summed E-state index contributed by atoms with van der Waals surface area (Å²) in [6.45, 7) is 6.21. The lowest BCUT2D eigenvalue weighted by molar-refractivity contribution is -0.127. The van der Waals surface area contributed by atoms with Gasteiger partial charge in [-0.3, -0.25) is 4.79 Å². The first-order valence-corrected chi connectivity index (χ1v) is 6.74. The van der Waals surface area contributed by atoms with Crippen molar-refractivity contribution in [2.75, 3.05) is 6.54 Å². The van der Waals surface area contributed by atoms with Gasteiger partial charge < -0.3 is 10.1 Å².